The fourth-order valence-corrected chi connectivity index (χ4v) is 5.92. The van der Waals surface area contributed by atoms with Gasteiger partial charge in [-0.05, 0) is 51.5 Å². The molecule has 0 fully saturated rings. The second-order valence-corrected chi connectivity index (χ2v) is 12.5. The van der Waals surface area contributed by atoms with E-state index in [1.807, 2.05) is 0 Å². The van der Waals surface area contributed by atoms with E-state index in [1.54, 1.807) is 58.0 Å². The minimum absolute atomic E-state index is 0.0169. The Morgan fingerprint density at radius 1 is 0.971 bits per heavy atom. The zero-order chi connectivity index (χ0) is 25.8. The first-order valence-electron chi connectivity index (χ1n) is 11.0. The van der Waals surface area contributed by atoms with Crippen molar-refractivity contribution in [1.82, 2.24) is 5.16 Å². The van der Waals surface area contributed by atoms with Gasteiger partial charge in [0, 0.05) is 18.2 Å². The van der Waals surface area contributed by atoms with Crippen LogP contribution in [0.2, 0.25) is 0 Å². The summed E-state index contributed by atoms with van der Waals surface area (Å²) in [5.41, 5.74) is 2.10. The molecule has 190 valence electrons. The highest BCUT2D eigenvalue weighted by molar-refractivity contribution is 7.93. The van der Waals surface area contributed by atoms with Gasteiger partial charge in [0.1, 0.15) is 6.73 Å². The number of nitrogens with zero attached hydrogens (tertiary/aromatic N) is 2. The van der Waals surface area contributed by atoms with Gasteiger partial charge in [0.2, 0.25) is 5.88 Å². The Labute approximate surface area is 206 Å². The van der Waals surface area contributed by atoms with Gasteiger partial charge < -0.3 is 14.0 Å². The lowest BCUT2D eigenvalue weighted by atomic mass is 10.1. The Bertz CT molecular complexity index is 1360. The largest absolute Gasteiger partial charge is 0.382 e. The molecule has 3 aromatic rings. The van der Waals surface area contributed by atoms with Crippen molar-refractivity contribution in [2.45, 2.75) is 42.7 Å². The van der Waals surface area contributed by atoms with Crippen LogP contribution in [0.4, 0.5) is 5.88 Å². The standard InChI is InChI=1S/C24H30N2O7S2/c1-17(2)34(27,28)21-12-10-20(11-13-21)22-8-6-7-9-23(22)35(29,30)26(16-32-15-14-31-5)24-18(3)19(4)25-33-24/h6-13,17H,14-16H2,1-5H3. The number of aromatic nitrogens is 1. The number of anilines is 1. The Hall–Kier alpha value is -2.73. The van der Waals surface area contributed by atoms with Crippen LogP contribution in [0.1, 0.15) is 25.1 Å². The summed E-state index contributed by atoms with van der Waals surface area (Å²) in [5, 5.41) is 3.33. The highest BCUT2D eigenvalue weighted by atomic mass is 32.2. The first-order valence-corrected chi connectivity index (χ1v) is 14.0. The smallest absolute Gasteiger partial charge is 0.269 e. The molecule has 0 spiro atoms. The van der Waals surface area contributed by atoms with E-state index in [4.69, 9.17) is 14.0 Å². The predicted octanol–water partition coefficient (Wildman–Crippen LogP) is 3.96. The van der Waals surface area contributed by atoms with Crippen molar-refractivity contribution >= 4 is 25.7 Å². The molecule has 0 N–H and O–H groups in total. The van der Waals surface area contributed by atoms with E-state index in [2.05, 4.69) is 5.16 Å². The van der Waals surface area contributed by atoms with Gasteiger partial charge >= 0.3 is 0 Å². The maximum absolute atomic E-state index is 13.9. The molecule has 2 aromatic carbocycles. The van der Waals surface area contributed by atoms with Crippen LogP contribution in [0.3, 0.4) is 0 Å². The average Bonchev–Trinajstić information content (AvgIpc) is 3.16. The van der Waals surface area contributed by atoms with E-state index >= 15 is 0 Å². The number of ether oxygens (including phenoxy) is 2. The average molecular weight is 523 g/mol. The number of aryl methyl sites for hydroxylation is 1. The first-order chi connectivity index (χ1) is 16.5. The molecule has 0 aliphatic carbocycles. The van der Waals surface area contributed by atoms with Crippen LogP contribution in [-0.2, 0) is 29.3 Å². The summed E-state index contributed by atoms with van der Waals surface area (Å²) < 4.78 is 69.7. The third-order valence-electron chi connectivity index (χ3n) is 5.57. The summed E-state index contributed by atoms with van der Waals surface area (Å²) in [7, 11) is -6.10. The molecular formula is C24H30N2O7S2. The molecule has 0 radical (unpaired) electrons. The van der Waals surface area contributed by atoms with E-state index in [0.29, 0.717) is 29.0 Å². The zero-order valence-electron chi connectivity index (χ0n) is 20.4. The van der Waals surface area contributed by atoms with Crippen molar-refractivity contribution in [1.29, 1.82) is 0 Å². The van der Waals surface area contributed by atoms with Gasteiger partial charge in [-0.25, -0.2) is 21.1 Å². The monoisotopic (exact) mass is 522 g/mol. The van der Waals surface area contributed by atoms with Gasteiger partial charge in [-0.1, -0.05) is 35.5 Å². The van der Waals surface area contributed by atoms with Crippen LogP contribution in [0.5, 0.6) is 0 Å². The Balaban J connectivity index is 2.07. The van der Waals surface area contributed by atoms with Crippen molar-refractivity contribution in [3.8, 4) is 11.1 Å². The normalized spacial score (nSPS) is 12.3. The Morgan fingerprint density at radius 3 is 2.20 bits per heavy atom. The number of hydrogen-bond acceptors (Lipinski definition) is 8. The van der Waals surface area contributed by atoms with E-state index in [-0.39, 0.29) is 29.0 Å². The third-order valence-corrected chi connectivity index (χ3v) is 9.50. The fourth-order valence-electron chi connectivity index (χ4n) is 3.31. The molecule has 0 saturated heterocycles. The maximum Gasteiger partial charge on any atom is 0.269 e. The van der Waals surface area contributed by atoms with Crippen LogP contribution >= 0.6 is 0 Å². The van der Waals surface area contributed by atoms with Gasteiger partial charge in [-0.3, -0.25) is 0 Å². The molecular weight excluding hydrogens is 492 g/mol. The van der Waals surface area contributed by atoms with E-state index in [0.717, 1.165) is 4.31 Å². The van der Waals surface area contributed by atoms with Gasteiger partial charge in [0.25, 0.3) is 10.0 Å². The minimum atomic E-state index is -4.17. The van der Waals surface area contributed by atoms with Crippen LogP contribution in [-0.4, -0.2) is 54.3 Å². The van der Waals surface area contributed by atoms with Gasteiger partial charge in [-0.2, -0.15) is 0 Å². The summed E-state index contributed by atoms with van der Waals surface area (Å²) in [6, 6.07) is 12.7. The molecule has 0 atom stereocenters. The van der Waals surface area contributed by atoms with Crippen molar-refractivity contribution in [3.05, 3.63) is 59.8 Å². The molecule has 3 rings (SSSR count). The van der Waals surface area contributed by atoms with E-state index in [1.165, 1.54) is 25.3 Å². The molecule has 0 aliphatic heterocycles. The quantitative estimate of drug-likeness (QED) is 0.274. The van der Waals surface area contributed by atoms with E-state index in [9.17, 15) is 16.8 Å². The third kappa shape index (κ3) is 5.58. The number of sulfonamides is 1. The molecule has 1 aromatic heterocycles. The molecule has 1 heterocycles. The topological polar surface area (TPSA) is 116 Å². The zero-order valence-corrected chi connectivity index (χ0v) is 22.0. The number of sulfone groups is 1. The molecule has 11 heteroatoms. The van der Waals surface area contributed by atoms with E-state index < -0.39 is 25.1 Å². The number of rotatable bonds is 11. The highest BCUT2D eigenvalue weighted by Gasteiger charge is 2.32. The van der Waals surface area contributed by atoms with Gasteiger partial charge in [0.15, 0.2) is 9.84 Å². The summed E-state index contributed by atoms with van der Waals surface area (Å²) in [6.07, 6.45) is 0. The predicted molar refractivity (Wildman–Crippen MR) is 133 cm³/mol. The lowest BCUT2D eigenvalue weighted by Crippen LogP contribution is -2.34. The number of benzene rings is 2. The van der Waals surface area contributed by atoms with Crippen molar-refractivity contribution < 1.29 is 30.8 Å². The molecule has 0 bridgehead atoms. The minimum Gasteiger partial charge on any atom is -0.382 e. The molecule has 0 amide bonds. The van der Waals surface area contributed by atoms with Crippen LogP contribution < -0.4 is 4.31 Å². The Morgan fingerprint density at radius 2 is 1.63 bits per heavy atom. The van der Waals surface area contributed by atoms with Crippen molar-refractivity contribution in [2.75, 3.05) is 31.4 Å². The second kappa shape index (κ2) is 10.9. The first kappa shape index (κ1) is 26.9. The van der Waals surface area contributed by atoms with Crippen molar-refractivity contribution in [3.63, 3.8) is 0 Å². The maximum atomic E-state index is 13.9. The number of hydrogen-bond donors (Lipinski definition) is 0. The van der Waals surface area contributed by atoms with Crippen LogP contribution in [0, 0.1) is 13.8 Å². The summed E-state index contributed by atoms with van der Waals surface area (Å²) in [4.78, 5) is 0.195. The molecule has 9 nitrogen and oxygen atoms in total. The molecule has 0 aliphatic rings. The fraction of sp³-hybridized carbons (Fsp3) is 0.375. The molecule has 0 saturated carbocycles. The SMILES string of the molecule is COCCOCN(c1onc(C)c1C)S(=O)(=O)c1ccccc1-c1ccc(S(=O)(=O)C(C)C)cc1. The van der Waals surface area contributed by atoms with Gasteiger partial charge in [-0.15, -0.1) is 0 Å². The summed E-state index contributed by atoms with van der Waals surface area (Å²) >= 11 is 0. The summed E-state index contributed by atoms with van der Waals surface area (Å²) in [6.45, 7) is 6.84. The molecule has 35 heavy (non-hydrogen) atoms. The molecule has 0 unspecified atom stereocenters. The summed E-state index contributed by atoms with van der Waals surface area (Å²) in [5.74, 6) is 0.0631. The second-order valence-electron chi connectivity index (χ2n) is 8.20. The Kier molecular flexibility index (Phi) is 8.37. The lowest BCUT2D eigenvalue weighted by molar-refractivity contribution is 0.0744. The lowest BCUT2D eigenvalue weighted by Gasteiger charge is -2.23. The van der Waals surface area contributed by atoms with Crippen molar-refractivity contribution in [2.24, 2.45) is 0 Å². The number of methoxy groups -OCH3 is 1. The highest BCUT2D eigenvalue weighted by Crippen LogP contribution is 2.34. The van der Waals surface area contributed by atoms with Gasteiger partial charge in [0.05, 0.1) is 33.9 Å². The van der Waals surface area contributed by atoms with Crippen LogP contribution in [0.25, 0.3) is 11.1 Å². The van der Waals surface area contributed by atoms with Crippen LogP contribution in [0.15, 0.2) is 62.8 Å².